The molecule has 0 aliphatic heterocycles. The quantitative estimate of drug-likeness (QED) is 0.612. The van der Waals surface area contributed by atoms with Crippen molar-refractivity contribution in [2.45, 2.75) is 25.9 Å². The van der Waals surface area contributed by atoms with Crippen molar-refractivity contribution in [3.63, 3.8) is 0 Å². The van der Waals surface area contributed by atoms with Gasteiger partial charge in [0.2, 0.25) is 0 Å². The third kappa shape index (κ3) is 3.53. The number of nitrogens with zero attached hydrogens (tertiary/aromatic N) is 2. The summed E-state index contributed by atoms with van der Waals surface area (Å²) in [5.41, 5.74) is 3.28. The van der Waals surface area contributed by atoms with Crippen molar-refractivity contribution in [3.8, 4) is 11.3 Å². The number of hydrogen-bond acceptors (Lipinski definition) is 2. The summed E-state index contributed by atoms with van der Waals surface area (Å²) < 4.78 is 50.4. The second kappa shape index (κ2) is 6.19. The van der Waals surface area contributed by atoms with E-state index in [1.165, 1.54) is 18.5 Å². The number of fused-ring (bicyclic) bond motifs is 1. The molecule has 0 unspecified atom stereocenters. The molecule has 0 bridgehead atoms. The Kier molecular flexibility index (Phi) is 4.22. The number of rotatable bonds is 3. The van der Waals surface area contributed by atoms with Crippen molar-refractivity contribution in [2.75, 3.05) is 0 Å². The number of halogens is 4. The summed E-state index contributed by atoms with van der Waals surface area (Å²) in [6, 6.07) is 9.43. The largest absolute Gasteiger partial charge is 0.389 e. The van der Waals surface area contributed by atoms with Crippen LogP contribution in [0.4, 0.5) is 17.6 Å². The molecule has 1 aromatic heterocycles. The number of aryl methyl sites for hydroxylation is 2. The van der Waals surface area contributed by atoms with Gasteiger partial charge < -0.3 is 0 Å². The van der Waals surface area contributed by atoms with Crippen LogP contribution in [0.15, 0.2) is 42.7 Å². The lowest BCUT2D eigenvalue weighted by atomic mass is 10.00. The first-order chi connectivity index (χ1) is 11.3. The molecule has 124 valence electrons. The van der Waals surface area contributed by atoms with Crippen LogP contribution >= 0.6 is 0 Å². The van der Waals surface area contributed by atoms with E-state index in [9.17, 15) is 17.6 Å². The monoisotopic (exact) mass is 334 g/mol. The molecule has 6 heteroatoms. The molecular weight excluding hydrogens is 320 g/mol. The Labute approximate surface area is 136 Å². The zero-order valence-electron chi connectivity index (χ0n) is 12.9. The van der Waals surface area contributed by atoms with Crippen LogP contribution in [0, 0.1) is 12.7 Å². The molecular formula is C18H14F4N2. The van der Waals surface area contributed by atoms with E-state index in [1.807, 2.05) is 0 Å². The van der Waals surface area contributed by atoms with Crippen molar-refractivity contribution in [2.24, 2.45) is 0 Å². The molecule has 0 amide bonds. The van der Waals surface area contributed by atoms with Crippen molar-refractivity contribution >= 4 is 10.9 Å². The van der Waals surface area contributed by atoms with Gasteiger partial charge in [-0.2, -0.15) is 13.2 Å². The Hall–Kier alpha value is -2.50. The second-order valence-corrected chi connectivity index (χ2v) is 5.65. The Bertz CT molecular complexity index is 888. The molecule has 0 atom stereocenters. The molecule has 0 saturated carbocycles. The van der Waals surface area contributed by atoms with Gasteiger partial charge >= 0.3 is 6.18 Å². The summed E-state index contributed by atoms with van der Waals surface area (Å²) in [5.74, 6) is -0.330. The maximum Gasteiger partial charge on any atom is 0.389 e. The van der Waals surface area contributed by atoms with Crippen LogP contribution in [0.2, 0.25) is 0 Å². The summed E-state index contributed by atoms with van der Waals surface area (Å²) in [7, 11) is 0. The van der Waals surface area contributed by atoms with Gasteiger partial charge in [0.15, 0.2) is 0 Å². The second-order valence-electron chi connectivity index (χ2n) is 5.65. The van der Waals surface area contributed by atoms with E-state index in [0.717, 1.165) is 16.5 Å². The van der Waals surface area contributed by atoms with Gasteiger partial charge in [0.05, 0.1) is 11.2 Å². The van der Waals surface area contributed by atoms with E-state index in [2.05, 4.69) is 9.97 Å². The van der Waals surface area contributed by atoms with Crippen LogP contribution in [0.3, 0.4) is 0 Å². The topological polar surface area (TPSA) is 25.8 Å². The molecule has 2 aromatic carbocycles. The van der Waals surface area contributed by atoms with Crippen molar-refractivity contribution in [3.05, 3.63) is 59.7 Å². The van der Waals surface area contributed by atoms with E-state index >= 15 is 0 Å². The van der Waals surface area contributed by atoms with Gasteiger partial charge in [-0.1, -0.05) is 12.1 Å². The maximum atomic E-state index is 13.3. The third-order valence-corrected chi connectivity index (χ3v) is 3.84. The lowest BCUT2D eigenvalue weighted by Gasteiger charge is -2.10. The molecule has 0 aliphatic carbocycles. The minimum Gasteiger partial charge on any atom is -0.236 e. The Balaban J connectivity index is 2.02. The minimum absolute atomic E-state index is 0.0889. The van der Waals surface area contributed by atoms with Crippen molar-refractivity contribution < 1.29 is 17.6 Å². The fourth-order valence-corrected chi connectivity index (χ4v) is 2.65. The van der Waals surface area contributed by atoms with Crippen molar-refractivity contribution in [1.82, 2.24) is 9.97 Å². The van der Waals surface area contributed by atoms with Crippen LogP contribution in [-0.4, -0.2) is 16.1 Å². The van der Waals surface area contributed by atoms with E-state index in [0.29, 0.717) is 16.8 Å². The zero-order chi connectivity index (χ0) is 17.3. The fraction of sp³-hybridized carbons (Fsp3) is 0.222. The first kappa shape index (κ1) is 16.4. The van der Waals surface area contributed by atoms with E-state index in [-0.39, 0.29) is 12.2 Å². The number of benzene rings is 2. The van der Waals surface area contributed by atoms with E-state index in [1.54, 1.807) is 31.2 Å². The van der Waals surface area contributed by atoms with E-state index in [4.69, 9.17) is 0 Å². The average Bonchev–Trinajstić information content (AvgIpc) is 2.52. The number of aromatic nitrogens is 2. The van der Waals surface area contributed by atoms with Gasteiger partial charge in [0.25, 0.3) is 0 Å². The predicted octanol–water partition coefficient (Wildman–Crippen LogP) is 5.24. The summed E-state index contributed by atoms with van der Waals surface area (Å²) in [6.45, 7) is 1.78. The number of hydrogen-bond donors (Lipinski definition) is 0. The molecule has 0 spiro atoms. The highest BCUT2D eigenvalue weighted by molar-refractivity contribution is 5.93. The SMILES string of the molecule is Cc1cc(F)ccc1-c1ncnc2cc(CCC(F)(F)F)ccc12. The van der Waals surface area contributed by atoms with Gasteiger partial charge in [-0.15, -0.1) is 0 Å². The lowest BCUT2D eigenvalue weighted by molar-refractivity contribution is -0.133. The Morgan fingerprint density at radius 2 is 1.79 bits per heavy atom. The zero-order valence-corrected chi connectivity index (χ0v) is 12.9. The van der Waals surface area contributed by atoms with Crippen LogP contribution < -0.4 is 0 Å². The predicted molar refractivity (Wildman–Crippen MR) is 84.0 cm³/mol. The molecule has 0 saturated heterocycles. The fourth-order valence-electron chi connectivity index (χ4n) is 2.65. The molecule has 0 N–H and O–H groups in total. The highest BCUT2D eigenvalue weighted by Gasteiger charge is 2.26. The van der Waals surface area contributed by atoms with Gasteiger partial charge in [0, 0.05) is 17.4 Å². The highest BCUT2D eigenvalue weighted by Crippen LogP contribution is 2.29. The average molecular weight is 334 g/mol. The lowest BCUT2D eigenvalue weighted by Crippen LogP contribution is -2.08. The normalized spacial score (nSPS) is 11.9. The molecule has 3 aromatic rings. The molecule has 0 radical (unpaired) electrons. The smallest absolute Gasteiger partial charge is 0.236 e. The molecule has 0 fully saturated rings. The molecule has 0 aliphatic rings. The maximum absolute atomic E-state index is 13.3. The van der Waals surface area contributed by atoms with Crippen LogP contribution in [0.1, 0.15) is 17.5 Å². The van der Waals surface area contributed by atoms with Crippen molar-refractivity contribution in [1.29, 1.82) is 0 Å². The van der Waals surface area contributed by atoms with Gasteiger partial charge in [0.1, 0.15) is 12.1 Å². The first-order valence-electron chi connectivity index (χ1n) is 7.40. The van der Waals surface area contributed by atoms with Crippen LogP contribution in [0.5, 0.6) is 0 Å². The molecule has 2 nitrogen and oxygen atoms in total. The molecule has 3 rings (SSSR count). The third-order valence-electron chi connectivity index (χ3n) is 3.84. The van der Waals surface area contributed by atoms with Gasteiger partial charge in [-0.3, -0.25) is 0 Å². The van der Waals surface area contributed by atoms with Crippen LogP contribution in [0.25, 0.3) is 22.2 Å². The summed E-state index contributed by atoms with van der Waals surface area (Å²) in [5, 5.41) is 0.725. The Morgan fingerprint density at radius 3 is 2.50 bits per heavy atom. The minimum atomic E-state index is -4.18. The highest BCUT2D eigenvalue weighted by atomic mass is 19.4. The summed E-state index contributed by atoms with van der Waals surface area (Å²) in [6.07, 6.45) is -3.77. The standard InChI is InChI=1S/C18H14F4N2/c1-11-8-13(19)3-5-14(11)17-15-4-2-12(6-7-18(20,21)22)9-16(15)23-10-24-17/h2-5,8-10H,6-7H2,1H3. The first-order valence-corrected chi connectivity index (χ1v) is 7.40. The van der Waals surface area contributed by atoms with E-state index < -0.39 is 12.6 Å². The molecule has 24 heavy (non-hydrogen) atoms. The van der Waals surface area contributed by atoms with Gasteiger partial charge in [-0.05, 0) is 48.7 Å². The van der Waals surface area contributed by atoms with Crippen LogP contribution in [-0.2, 0) is 6.42 Å². The Morgan fingerprint density at radius 1 is 1.00 bits per heavy atom. The summed E-state index contributed by atoms with van der Waals surface area (Å²) in [4.78, 5) is 8.42. The molecule has 1 heterocycles. The van der Waals surface area contributed by atoms with Gasteiger partial charge in [-0.25, -0.2) is 14.4 Å². The summed E-state index contributed by atoms with van der Waals surface area (Å²) >= 11 is 0. The number of alkyl halides is 3.